The first-order valence-corrected chi connectivity index (χ1v) is 9.02. The van der Waals surface area contributed by atoms with Crippen LogP contribution in [0.3, 0.4) is 0 Å². The molecule has 9 heteroatoms. The number of halogens is 1. The Labute approximate surface area is 152 Å². The second-order valence-corrected chi connectivity index (χ2v) is 7.22. The molecule has 0 aliphatic rings. The summed E-state index contributed by atoms with van der Waals surface area (Å²) in [7, 11) is -3.74. The van der Waals surface area contributed by atoms with Gasteiger partial charge in [-0.05, 0) is 34.4 Å². The summed E-state index contributed by atoms with van der Waals surface area (Å²) in [5.74, 6) is 0. The molecule has 0 saturated carbocycles. The number of fused-ring (bicyclic) bond motifs is 1. The van der Waals surface area contributed by atoms with Gasteiger partial charge in [0.15, 0.2) is 5.52 Å². The third kappa shape index (κ3) is 4.16. The monoisotopic (exact) mass is 382 g/mol. The van der Waals surface area contributed by atoms with E-state index in [4.69, 9.17) is 5.73 Å². The molecule has 2 N–H and O–H groups in total. The molecular formula is C16H19ClN4O3S. The van der Waals surface area contributed by atoms with Gasteiger partial charge in [-0.2, -0.15) is 4.31 Å². The molecule has 7 nitrogen and oxygen atoms in total. The molecule has 0 bridgehead atoms. The fraction of sp³-hybridized carbons (Fsp3) is 0.250. The van der Waals surface area contributed by atoms with Crippen LogP contribution in [-0.4, -0.2) is 42.7 Å². The molecule has 0 saturated heterocycles. The summed E-state index contributed by atoms with van der Waals surface area (Å²) in [6.45, 7) is 0.809. The summed E-state index contributed by atoms with van der Waals surface area (Å²) in [6, 6.07) is 14.5. The topological polar surface area (TPSA) is 102 Å². The number of aromatic nitrogens is 2. The van der Waals surface area contributed by atoms with Crippen molar-refractivity contribution < 1.29 is 13.0 Å². The number of nitrogens with two attached hydrogens (primary N) is 1. The molecule has 0 amide bonds. The third-order valence-corrected chi connectivity index (χ3v) is 5.67. The molecule has 1 heterocycles. The normalized spacial score (nSPS) is 11.6. The predicted molar refractivity (Wildman–Crippen MR) is 97.0 cm³/mol. The van der Waals surface area contributed by atoms with Crippen molar-refractivity contribution in [3.05, 3.63) is 54.1 Å². The fourth-order valence-corrected chi connectivity index (χ4v) is 4.12. The van der Waals surface area contributed by atoms with Gasteiger partial charge in [-0.25, -0.2) is 13.0 Å². The Morgan fingerprint density at radius 2 is 1.76 bits per heavy atom. The highest BCUT2D eigenvalue weighted by atomic mass is 35.5. The molecule has 134 valence electrons. The van der Waals surface area contributed by atoms with Gasteiger partial charge in [-0.15, -0.1) is 12.4 Å². The van der Waals surface area contributed by atoms with Crippen molar-refractivity contribution in [1.29, 1.82) is 0 Å². The minimum atomic E-state index is -3.74. The molecule has 25 heavy (non-hydrogen) atoms. The molecule has 3 aromatic rings. The lowest BCUT2D eigenvalue weighted by molar-refractivity contribution is 0.315. The Kier molecular flexibility index (Phi) is 6.49. The quantitative estimate of drug-likeness (QED) is 0.668. The molecule has 0 fully saturated rings. The molecule has 0 spiro atoms. The maximum Gasteiger partial charge on any atom is 0.245 e. The van der Waals surface area contributed by atoms with Crippen LogP contribution in [0.1, 0.15) is 5.56 Å². The van der Waals surface area contributed by atoms with E-state index in [0.717, 1.165) is 5.56 Å². The van der Waals surface area contributed by atoms with E-state index in [-0.39, 0.29) is 35.9 Å². The van der Waals surface area contributed by atoms with Gasteiger partial charge in [-0.1, -0.05) is 36.4 Å². The van der Waals surface area contributed by atoms with E-state index in [9.17, 15) is 8.42 Å². The Hall–Kier alpha value is -2.00. The van der Waals surface area contributed by atoms with Crippen molar-refractivity contribution in [3.8, 4) is 0 Å². The van der Waals surface area contributed by atoms with Crippen LogP contribution in [0.25, 0.3) is 11.0 Å². The first kappa shape index (κ1) is 19.3. The van der Waals surface area contributed by atoms with Crippen molar-refractivity contribution in [2.24, 2.45) is 5.73 Å². The van der Waals surface area contributed by atoms with E-state index < -0.39 is 10.0 Å². The Morgan fingerprint density at radius 1 is 1.00 bits per heavy atom. The van der Waals surface area contributed by atoms with Crippen molar-refractivity contribution in [2.45, 2.75) is 11.3 Å². The van der Waals surface area contributed by atoms with Crippen molar-refractivity contribution in [3.63, 3.8) is 0 Å². The zero-order valence-corrected chi connectivity index (χ0v) is 15.0. The predicted octanol–water partition coefficient (Wildman–Crippen LogP) is 1.84. The largest absolute Gasteiger partial charge is 0.329 e. The number of hydrogen-bond donors (Lipinski definition) is 1. The van der Waals surface area contributed by atoms with Crippen LogP contribution in [-0.2, 0) is 16.4 Å². The van der Waals surface area contributed by atoms with Crippen LogP contribution in [0.15, 0.2) is 58.1 Å². The Balaban J connectivity index is 0.00000225. The first-order valence-electron chi connectivity index (χ1n) is 7.58. The first-order chi connectivity index (χ1) is 11.6. The molecule has 0 atom stereocenters. The van der Waals surface area contributed by atoms with Crippen molar-refractivity contribution >= 4 is 33.5 Å². The summed E-state index contributed by atoms with van der Waals surface area (Å²) < 4.78 is 32.1. The van der Waals surface area contributed by atoms with E-state index >= 15 is 0 Å². The number of sulfonamides is 1. The van der Waals surface area contributed by atoms with Crippen LogP contribution >= 0.6 is 12.4 Å². The van der Waals surface area contributed by atoms with Crippen LogP contribution in [0.5, 0.6) is 0 Å². The second-order valence-electron chi connectivity index (χ2n) is 5.32. The minimum Gasteiger partial charge on any atom is -0.329 e. The average molecular weight is 383 g/mol. The summed E-state index contributed by atoms with van der Waals surface area (Å²) in [5.41, 5.74) is 7.32. The maximum absolute atomic E-state index is 13.0. The minimum absolute atomic E-state index is 0. The summed E-state index contributed by atoms with van der Waals surface area (Å²) in [6.07, 6.45) is 0.604. The fourth-order valence-electron chi connectivity index (χ4n) is 2.52. The molecule has 0 aliphatic carbocycles. The summed E-state index contributed by atoms with van der Waals surface area (Å²) in [5, 5.41) is 7.42. The molecule has 0 unspecified atom stereocenters. The lowest BCUT2D eigenvalue weighted by Crippen LogP contribution is -2.37. The van der Waals surface area contributed by atoms with Crippen LogP contribution < -0.4 is 5.73 Å². The van der Waals surface area contributed by atoms with E-state index in [1.807, 2.05) is 30.3 Å². The van der Waals surface area contributed by atoms with Gasteiger partial charge in [0.25, 0.3) is 0 Å². The van der Waals surface area contributed by atoms with Gasteiger partial charge in [0.05, 0.1) is 0 Å². The van der Waals surface area contributed by atoms with Crippen molar-refractivity contribution in [1.82, 2.24) is 14.6 Å². The Bertz CT molecular complexity index is 915. The highest BCUT2D eigenvalue weighted by Gasteiger charge is 2.27. The number of hydrogen-bond acceptors (Lipinski definition) is 6. The van der Waals surface area contributed by atoms with Crippen molar-refractivity contribution in [2.75, 3.05) is 19.6 Å². The van der Waals surface area contributed by atoms with Gasteiger partial charge in [0.1, 0.15) is 10.4 Å². The van der Waals surface area contributed by atoms with E-state index in [2.05, 4.69) is 14.9 Å². The van der Waals surface area contributed by atoms with E-state index in [0.29, 0.717) is 18.5 Å². The zero-order valence-electron chi connectivity index (χ0n) is 13.4. The molecule has 2 aromatic carbocycles. The van der Waals surface area contributed by atoms with Crippen LogP contribution in [0, 0.1) is 0 Å². The van der Waals surface area contributed by atoms with E-state index in [1.165, 1.54) is 10.4 Å². The molecule has 1 aromatic heterocycles. The molecule has 0 radical (unpaired) electrons. The van der Waals surface area contributed by atoms with Gasteiger partial charge < -0.3 is 5.73 Å². The van der Waals surface area contributed by atoms with Gasteiger partial charge in [0, 0.05) is 19.6 Å². The summed E-state index contributed by atoms with van der Waals surface area (Å²) >= 11 is 0. The Morgan fingerprint density at radius 3 is 2.48 bits per heavy atom. The van der Waals surface area contributed by atoms with E-state index in [1.54, 1.807) is 12.1 Å². The number of nitrogens with zero attached hydrogens (tertiary/aromatic N) is 3. The SMILES string of the molecule is Cl.NCCN(CCc1ccccc1)S(=O)(=O)c1cccc2nonc12. The van der Waals surface area contributed by atoms with Crippen LogP contribution in [0.2, 0.25) is 0 Å². The van der Waals surface area contributed by atoms with Gasteiger partial charge in [0.2, 0.25) is 10.0 Å². The maximum atomic E-state index is 13.0. The average Bonchev–Trinajstić information content (AvgIpc) is 3.07. The van der Waals surface area contributed by atoms with Crippen LogP contribution in [0.4, 0.5) is 0 Å². The highest BCUT2D eigenvalue weighted by Crippen LogP contribution is 2.23. The summed E-state index contributed by atoms with van der Waals surface area (Å²) in [4.78, 5) is 0.0859. The second kappa shape index (κ2) is 8.39. The number of benzene rings is 2. The zero-order chi connectivity index (χ0) is 17.0. The standard InChI is InChI=1S/C16H18N4O3S.ClH/c17-10-12-20(11-9-13-5-2-1-3-6-13)24(21,22)15-8-4-7-14-16(15)19-23-18-14;/h1-8H,9-12,17H2;1H. The molecular weight excluding hydrogens is 364 g/mol. The highest BCUT2D eigenvalue weighted by molar-refractivity contribution is 7.89. The molecule has 3 rings (SSSR count). The lowest BCUT2D eigenvalue weighted by atomic mass is 10.1. The van der Waals surface area contributed by atoms with Gasteiger partial charge in [-0.3, -0.25) is 0 Å². The lowest BCUT2D eigenvalue weighted by Gasteiger charge is -2.21. The third-order valence-electron chi connectivity index (χ3n) is 3.74. The smallest absolute Gasteiger partial charge is 0.245 e. The van der Waals surface area contributed by atoms with Gasteiger partial charge >= 0.3 is 0 Å². The number of rotatable bonds is 7. The molecule has 0 aliphatic heterocycles.